The molecule has 2 amide bonds. The minimum atomic E-state index is -4.50. The molecule has 11 heteroatoms. The topological polar surface area (TPSA) is 81.0 Å². The molecule has 1 heterocycles. The fourth-order valence-corrected chi connectivity index (χ4v) is 2.91. The van der Waals surface area contributed by atoms with Gasteiger partial charge in [0.2, 0.25) is 0 Å². The van der Waals surface area contributed by atoms with E-state index in [1.54, 1.807) is 24.3 Å². The zero-order valence-electron chi connectivity index (χ0n) is 15.7. The molecule has 0 atom stereocenters. The Morgan fingerprint density at radius 1 is 1.17 bits per heavy atom. The summed E-state index contributed by atoms with van der Waals surface area (Å²) >= 11 is 5.97. The van der Waals surface area contributed by atoms with Crippen LogP contribution in [0.4, 0.5) is 23.7 Å². The number of para-hydroxylation sites is 1. The molecule has 7 nitrogen and oxygen atoms in total. The van der Waals surface area contributed by atoms with Crippen LogP contribution in [0.3, 0.4) is 0 Å². The van der Waals surface area contributed by atoms with Gasteiger partial charge in [-0.1, -0.05) is 35.9 Å². The molecule has 2 aromatic carbocycles. The van der Waals surface area contributed by atoms with Gasteiger partial charge in [0.05, 0.1) is 22.8 Å². The fourth-order valence-electron chi connectivity index (χ4n) is 2.72. The van der Waals surface area contributed by atoms with Crippen molar-refractivity contribution in [3.8, 4) is 11.4 Å². The largest absolute Gasteiger partial charge is 0.416 e. The predicted molar refractivity (Wildman–Crippen MR) is 106 cm³/mol. The zero-order valence-corrected chi connectivity index (χ0v) is 16.5. The summed E-state index contributed by atoms with van der Waals surface area (Å²) in [5.41, 5.74) is -0.762. The molecule has 1 aromatic heterocycles. The first-order chi connectivity index (χ1) is 14.2. The number of halogens is 4. The Kier molecular flexibility index (Phi) is 6.16. The molecule has 3 rings (SSSR count). The Morgan fingerprint density at radius 2 is 1.90 bits per heavy atom. The van der Waals surface area contributed by atoms with Crippen molar-refractivity contribution >= 4 is 23.3 Å². The molecular formula is C19H17ClF3N5O2. The number of hydrogen-bond acceptors (Lipinski definition) is 3. The van der Waals surface area contributed by atoms with Crippen LogP contribution in [0, 0.1) is 0 Å². The Labute approximate surface area is 174 Å². The van der Waals surface area contributed by atoms with Crippen molar-refractivity contribution in [3.63, 3.8) is 0 Å². The standard InChI is InChI=1S/C19H17ClF3N5O2/c1-27-16(12-5-4-6-13(11-12)19(21,22)23)26-28(18(27)30)10-9-24-17(29)25-15-8-3-2-7-14(15)20/h2-8,11H,9-10H2,1H3,(H2,24,25,29). The maximum absolute atomic E-state index is 12.9. The second kappa shape index (κ2) is 8.62. The van der Waals surface area contributed by atoms with E-state index in [0.29, 0.717) is 10.7 Å². The van der Waals surface area contributed by atoms with Crippen LogP contribution in [0.1, 0.15) is 5.56 Å². The van der Waals surface area contributed by atoms with Crippen LogP contribution in [0.5, 0.6) is 0 Å². The molecular weight excluding hydrogens is 423 g/mol. The first-order valence-corrected chi connectivity index (χ1v) is 9.15. The number of nitrogens with zero attached hydrogens (tertiary/aromatic N) is 3. The van der Waals surface area contributed by atoms with Crippen molar-refractivity contribution in [3.05, 3.63) is 69.6 Å². The lowest BCUT2D eigenvalue weighted by Crippen LogP contribution is -2.34. The molecule has 3 aromatic rings. The number of anilines is 1. The van der Waals surface area contributed by atoms with Crippen LogP contribution in [-0.4, -0.2) is 26.9 Å². The van der Waals surface area contributed by atoms with Gasteiger partial charge in [-0.05, 0) is 24.3 Å². The molecule has 0 bridgehead atoms. The molecule has 2 N–H and O–H groups in total. The number of nitrogens with one attached hydrogen (secondary N) is 2. The molecule has 0 aliphatic carbocycles. The van der Waals surface area contributed by atoms with E-state index >= 15 is 0 Å². The normalized spacial score (nSPS) is 11.4. The lowest BCUT2D eigenvalue weighted by Gasteiger charge is -2.08. The van der Waals surface area contributed by atoms with E-state index in [9.17, 15) is 22.8 Å². The van der Waals surface area contributed by atoms with Crippen LogP contribution < -0.4 is 16.3 Å². The van der Waals surface area contributed by atoms with Gasteiger partial charge >= 0.3 is 17.9 Å². The van der Waals surface area contributed by atoms with Crippen molar-refractivity contribution in [2.45, 2.75) is 12.7 Å². The summed E-state index contributed by atoms with van der Waals surface area (Å²) < 4.78 is 41.1. The quantitative estimate of drug-likeness (QED) is 0.635. The number of hydrogen-bond donors (Lipinski definition) is 2. The van der Waals surface area contributed by atoms with Crippen LogP contribution in [0.15, 0.2) is 53.3 Å². The number of benzene rings is 2. The average Bonchev–Trinajstić information content (AvgIpc) is 2.98. The number of aromatic nitrogens is 3. The summed E-state index contributed by atoms with van der Waals surface area (Å²) in [6.07, 6.45) is -4.50. The molecule has 0 saturated carbocycles. The summed E-state index contributed by atoms with van der Waals surface area (Å²) in [7, 11) is 1.42. The maximum atomic E-state index is 12.9. The molecule has 0 aliphatic rings. The summed E-state index contributed by atoms with van der Waals surface area (Å²) in [6.45, 7) is 0.0941. The van der Waals surface area contributed by atoms with Crippen LogP contribution in [-0.2, 0) is 19.8 Å². The molecule has 0 fully saturated rings. The number of carbonyl (C=O) groups is 1. The number of carbonyl (C=O) groups excluding carboxylic acids is 1. The van der Waals surface area contributed by atoms with Crippen LogP contribution in [0.2, 0.25) is 5.02 Å². The molecule has 158 valence electrons. The third-order valence-corrected chi connectivity index (χ3v) is 4.55. The van der Waals surface area contributed by atoms with E-state index < -0.39 is 23.5 Å². The Hall–Kier alpha value is -3.27. The van der Waals surface area contributed by atoms with Crippen LogP contribution >= 0.6 is 11.6 Å². The lowest BCUT2D eigenvalue weighted by molar-refractivity contribution is -0.137. The molecule has 0 spiro atoms. The summed E-state index contributed by atoms with van der Waals surface area (Å²) in [4.78, 5) is 24.3. The lowest BCUT2D eigenvalue weighted by atomic mass is 10.1. The third-order valence-electron chi connectivity index (χ3n) is 4.22. The van der Waals surface area contributed by atoms with Gasteiger partial charge in [-0.3, -0.25) is 4.57 Å². The van der Waals surface area contributed by atoms with E-state index in [4.69, 9.17) is 11.6 Å². The molecule has 30 heavy (non-hydrogen) atoms. The maximum Gasteiger partial charge on any atom is 0.416 e. The number of amides is 2. The monoisotopic (exact) mass is 439 g/mol. The van der Waals surface area contributed by atoms with Gasteiger partial charge in [-0.15, -0.1) is 5.10 Å². The Balaban J connectivity index is 1.68. The van der Waals surface area contributed by atoms with Gasteiger partial charge in [0.25, 0.3) is 0 Å². The minimum absolute atomic E-state index is 0.0293. The Bertz CT molecular complexity index is 1120. The van der Waals surface area contributed by atoms with Crippen LogP contribution in [0.25, 0.3) is 11.4 Å². The van der Waals surface area contributed by atoms with E-state index in [2.05, 4.69) is 15.7 Å². The molecule has 0 radical (unpaired) electrons. The van der Waals surface area contributed by atoms with Gasteiger partial charge in [-0.2, -0.15) is 13.2 Å². The highest BCUT2D eigenvalue weighted by molar-refractivity contribution is 6.33. The first-order valence-electron chi connectivity index (χ1n) is 8.77. The van der Waals surface area contributed by atoms with E-state index in [1.807, 2.05) is 0 Å². The highest BCUT2D eigenvalue weighted by atomic mass is 35.5. The van der Waals surface area contributed by atoms with Crippen molar-refractivity contribution in [2.24, 2.45) is 7.05 Å². The number of urea groups is 1. The summed E-state index contributed by atoms with van der Waals surface area (Å²) in [6, 6.07) is 10.7. The summed E-state index contributed by atoms with van der Waals surface area (Å²) in [5, 5.41) is 9.62. The SMILES string of the molecule is Cn1c(-c2cccc(C(F)(F)F)c2)nn(CCNC(=O)Nc2ccccc2Cl)c1=O. The van der Waals surface area contributed by atoms with Gasteiger partial charge < -0.3 is 10.6 Å². The van der Waals surface area contributed by atoms with Gasteiger partial charge in [-0.25, -0.2) is 14.3 Å². The smallest absolute Gasteiger partial charge is 0.336 e. The number of rotatable bonds is 5. The van der Waals surface area contributed by atoms with Gasteiger partial charge in [0.15, 0.2) is 5.82 Å². The van der Waals surface area contributed by atoms with E-state index in [1.165, 1.54) is 19.2 Å². The van der Waals surface area contributed by atoms with Crippen molar-refractivity contribution < 1.29 is 18.0 Å². The third kappa shape index (κ3) is 4.82. The minimum Gasteiger partial charge on any atom is -0.336 e. The van der Waals surface area contributed by atoms with E-state index in [-0.39, 0.29) is 24.5 Å². The fraction of sp³-hybridized carbons (Fsp3) is 0.211. The first kappa shape index (κ1) is 21.4. The second-order valence-electron chi connectivity index (χ2n) is 6.33. The van der Waals surface area contributed by atoms with Crippen molar-refractivity contribution in [1.29, 1.82) is 0 Å². The molecule has 0 saturated heterocycles. The molecule has 0 unspecified atom stereocenters. The Morgan fingerprint density at radius 3 is 2.60 bits per heavy atom. The molecule has 0 aliphatic heterocycles. The van der Waals surface area contributed by atoms with Gasteiger partial charge in [0.1, 0.15) is 0 Å². The highest BCUT2D eigenvalue weighted by Crippen LogP contribution is 2.31. The van der Waals surface area contributed by atoms with E-state index in [0.717, 1.165) is 21.4 Å². The highest BCUT2D eigenvalue weighted by Gasteiger charge is 2.30. The van der Waals surface area contributed by atoms with Crippen molar-refractivity contribution in [2.75, 3.05) is 11.9 Å². The summed E-state index contributed by atoms with van der Waals surface area (Å²) in [5.74, 6) is 0.0895. The predicted octanol–water partition coefficient (Wildman–Crippen LogP) is 3.74. The zero-order chi connectivity index (χ0) is 21.9. The van der Waals surface area contributed by atoms with Crippen molar-refractivity contribution in [1.82, 2.24) is 19.7 Å². The number of alkyl halides is 3. The van der Waals surface area contributed by atoms with Gasteiger partial charge in [0, 0.05) is 19.2 Å². The average molecular weight is 440 g/mol. The second-order valence-corrected chi connectivity index (χ2v) is 6.73.